The van der Waals surface area contributed by atoms with Gasteiger partial charge in [-0.25, -0.2) is 0 Å². The maximum absolute atomic E-state index is 12.4. The van der Waals surface area contributed by atoms with E-state index in [0.29, 0.717) is 18.8 Å². The van der Waals surface area contributed by atoms with Gasteiger partial charge in [0.25, 0.3) is 5.91 Å². The van der Waals surface area contributed by atoms with Gasteiger partial charge in [0.1, 0.15) is 0 Å². The van der Waals surface area contributed by atoms with Gasteiger partial charge in [-0.15, -0.1) is 10.2 Å². The molecular formula is C21H29N5O. The maximum atomic E-state index is 12.4. The molecule has 3 rings (SSSR count). The number of carbonyl (C=O) groups excluding carboxylic acids is 1. The van der Waals surface area contributed by atoms with Crippen LogP contribution in [0, 0.1) is 13.8 Å². The molecule has 0 atom stereocenters. The summed E-state index contributed by atoms with van der Waals surface area (Å²) in [7, 11) is 0. The zero-order chi connectivity index (χ0) is 19.4. The molecule has 27 heavy (non-hydrogen) atoms. The SMILES string of the molecule is CCN(CC)C(=O)c1ccc(N2CCN(c3cccc(C)c3C)CC2)nn1. The molecule has 1 fully saturated rings. The molecule has 1 aromatic carbocycles. The first-order chi connectivity index (χ1) is 13.0. The van der Waals surface area contributed by atoms with E-state index in [2.05, 4.69) is 52.0 Å². The standard InChI is InChI=1S/C21H29N5O/c1-5-24(6-2)21(27)18-10-11-20(23-22-18)26-14-12-25(13-15-26)19-9-7-8-16(3)17(19)4/h7-11H,5-6,12-15H2,1-4H3. The topological polar surface area (TPSA) is 52.6 Å². The lowest BCUT2D eigenvalue weighted by Crippen LogP contribution is -2.47. The molecule has 0 saturated carbocycles. The summed E-state index contributed by atoms with van der Waals surface area (Å²) >= 11 is 0. The summed E-state index contributed by atoms with van der Waals surface area (Å²) in [6, 6.07) is 10.2. The Kier molecular flexibility index (Phi) is 5.94. The highest BCUT2D eigenvalue weighted by Crippen LogP contribution is 2.24. The first-order valence-corrected chi connectivity index (χ1v) is 9.74. The number of aryl methyl sites for hydroxylation is 1. The van der Waals surface area contributed by atoms with Crippen LogP contribution in [0.3, 0.4) is 0 Å². The van der Waals surface area contributed by atoms with Gasteiger partial charge in [-0.3, -0.25) is 4.79 Å². The summed E-state index contributed by atoms with van der Waals surface area (Å²) in [5.41, 5.74) is 4.41. The van der Waals surface area contributed by atoms with Crippen LogP contribution in [0.25, 0.3) is 0 Å². The van der Waals surface area contributed by atoms with Crippen molar-refractivity contribution < 1.29 is 4.79 Å². The zero-order valence-corrected chi connectivity index (χ0v) is 16.8. The van der Waals surface area contributed by atoms with Crippen LogP contribution in [-0.2, 0) is 0 Å². The Morgan fingerprint density at radius 3 is 2.22 bits per heavy atom. The third kappa shape index (κ3) is 4.04. The summed E-state index contributed by atoms with van der Waals surface area (Å²) in [5.74, 6) is 0.783. The number of aromatic nitrogens is 2. The predicted molar refractivity (Wildman–Crippen MR) is 110 cm³/mol. The van der Waals surface area contributed by atoms with Crippen LogP contribution in [0.15, 0.2) is 30.3 Å². The van der Waals surface area contributed by atoms with E-state index < -0.39 is 0 Å². The van der Waals surface area contributed by atoms with Crippen LogP contribution in [0.2, 0.25) is 0 Å². The molecular weight excluding hydrogens is 338 g/mol. The molecule has 0 N–H and O–H groups in total. The average molecular weight is 367 g/mol. The van der Waals surface area contributed by atoms with E-state index in [1.165, 1.54) is 16.8 Å². The Balaban J connectivity index is 1.64. The van der Waals surface area contributed by atoms with Crippen molar-refractivity contribution in [2.24, 2.45) is 0 Å². The first-order valence-electron chi connectivity index (χ1n) is 9.74. The fourth-order valence-corrected chi connectivity index (χ4v) is 3.54. The number of anilines is 2. The zero-order valence-electron chi connectivity index (χ0n) is 16.8. The highest BCUT2D eigenvalue weighted by Gasteiger charge is 2.21. The molecule has 1 aliphatic rings. The van der Waals surface area contributed by atoms with Gasteiger partial charge in [0.2, 0.25) is 0 Å². The molecule has 6 nitrogen and oxygen atoms in total. The monoisotopic (exact) mass is 367 g/mol. The highest BCUT2D eigenvalue weighted by molar-refractivity contribution is 5.92. The van der Waals surface area contributed by atoms with Crippen LogP contribution < -0.4 is 9.80 Å². The van der Waals surface area contributed by atoms with Gasteiger partial charge >= 0.3 is 0 Å². The van der Waals surface area contributed by atoms with Crippen molar-refractivity contribution in [1.29, 1.82) is 0 Å². The second-order valence-corrected chi connectivity index (χ2v) is 6.95. The minimum absolute atomic E-state index is 0.0567. The molecule has 1 aliphatic heterocycles. The van der Waals surface area contributed by atoms with E-state index in [0.717, 1.165) is 32.0 Å². The van der Waals surface area contributed by atoms with Crippen LogP contribution >= 0.6 is 0 Å². The lowest BCUT2D eigenvalue weighted by molar-refractivity contribution is 0.0766. The summed E-state index contributed by atoms with van der Waals surface area (Å²) in [6.45, 7) is 13.3. The van der Waals surface area contributed by atoms with Gasteiger partial charge < -0.3 is 14.7 Å². The molecule has 2 heterocycles. The quantitative estimate of drug-likeness (QED) is 0.813. The van der Waals surface area contributed by atoms with E-state index >= 15 is 0 Å². The third-order valence-electron chi connectivity index (χ3n) is 5.44. The second kappa shape index (κ2) is 8.37. The Bertz CT molecular complexity index is 778. The van der Waals surface area contributed by atoms with Crippen LogP contribution in [0.1, 0.15) is 35.5 Å². The Labute approximate surface area is 161 Å². The highest BCUT2D eigenvalue weighted by atomic mass is 16.2. The van der Waals surface area contributed by atoms with Gasteiger partial charge in [-0.1, -0.05) is 12.1 Å². The van der Waals surface area contributed by atoms with Crippen LogP contribution in [-0.4, -0.2) is 60.3 Å². The summed E-state index contributed by atoms with van der Waals surface area (Å²) < 4.78 is 0. The fourth-order valence-electron chi connectivity index (χ4n) is 3.54. The summed E-state index contributed by atoms with van der Waals surface area (Å²) in [5, 5.41) is 8.49. The van der Waals surface area contributed by atoms with Crippen molar-refractivity contribution in [3.05, 3.63) is 47.2 Å². The van der Waals surface area contributed by atoms with Gasteiger partial charge in [0.15, 0.2) is 11.5 Å². The van der Waals surface area contributed by atoms with E-state index in [9.17, 15) is 4.79 Å². The molecule has 0 radical (unpaired) electrons. The van der Waals surface area contributed by atoms with E-state index in [1.807, 2.05) is 19.9 Å². The Hall–Kier alpha value is -2.63. The summed E-state index contributed by atoms with van der Waals surface area (Å²) in [6.07, 6.45) is 0. The van der Waals surface area contributed by atoms with Crippen molar-refractivity contribution >= 4 is 17.4 Å². The molecule has 144 valence electrons. The molecule has 1 aromatic heterocycles. The minimum atomic E-state index is -0.0567. The second-order valence-electron chi connectivity index (χ2n) is 6.95. The van der Waals surface area contributed by atoms with Gasteiger partial charge in [0, 0.05) is 45.0 Å². The van der Waals surface area contributed by atoms with Crippen molar-refractivity contribution in [2.75, 3.05) is 49.1 Å². The van der Waals surface area contributed by atoms with E-state index in [-0.39, 0.29) is 5.91 Å². The molecule has 0 aliphatic carbocycles. The van der Waals surface area contributed by atoms with Gasteiger partial charge in [-0.05, 0) is 57.0 Å². The lowest BCUT2D eigenvalue weighted by Gasteiger charge is -2.37. The summed E-state index contributed by atoms with van der Waals surface area (Å²) in [4.78, 5) is 18.8. The lowest BCUT2D eigenvalue weighted by atomic mass is 10.1. The number of piperazine rings is 1. The number of rotatable bonds is 5. The first kappa shape index (κ1) is 19.1. The average Bonchev–Trinajstić information content (AvgIpc) is 2.71. The van der Waals surface area contributed by atoms with Crippen molar-refractivity contribution in [3.8, 4) is 0 Å². The number of benzene rings is 1. The molecule has 0 unspecified atom stereocenters. The number of hydrogen-bond donors (Lipinski definition) is 0. The van der Waals surface area contributed by atoms with Gasteiger partial charge in [0.05, 0.1) is 0 Å². The Morgan fingerprint density at radius 1 is 0.963 bits per heavy atom. The molecule has 6 heteroatoms. The molecule has 0 bridgehead atoms. The van der Waals surface area contributed by atoms with Gasteiger partial charge in [-0.2, -0.15) is 0 Å². The molecule has 1 saturated heterocycles. The minimum Gasteiger partial charge on any atom is -0.368 e. The number of nitrogens with zero attached hydrogens (tertiary/aromatic N) is 5. The molecule has 0 spiro atoms. The molecule has 1 amide bonds. The van der Waals surface area contributed by atoms with Crippen molar-refractivity contribution in [1.82, 2.24) is 15.1 Å². The van der Waals surface area contributed by atoms with E-state index in [4.69, 9.17) is 0 Å². The van der Waals surface area contributed by atoms with E-state index in [1.54, 1.807) is 11.0 Å². The largest absolute Gasteiger partial charge is 0.368 e. The number of carbonyl (C=O) groups is 1. The fraction of sp³-hybridized carbons (Fsp3) is 0.476. The Morgan fingerprint density at radius 2 is 1.63 bits per heavy atom. The van der Waals surface area contributed by atoms with Crippen molar-refractivity contribution in [2.45, 2.75) is 27.7 Å². The van der Waals surface area contributed by atoms with Crippen LogP contribution in [0.5, 0.6) is 0 Å². The number of hydrogen-bond acceptors (Lipinski definition) is 5. The number of amides is 1. The predicted octanol–water partition coefficient (Wildman–Crippen LogP) is 2.90. The van der Waals surface area contributed by atoms with Crippen molar-refractivity contribution in [3.63, 3.8) is 0 Å². The maximum Gasteiger partial charge on any atom is 0.274 e. The van der Waals surface area contributed by atoms with Crippen LogP contribution in [0.4, 0.5) is 11.5 Å². The normalized spacial score (nSPS) is 14.4. The third-order valence-corrected chi connectivity index (χ3v) is 5.44. The smallest absolute Gasteiger partial charge is 0.274 e. The molecule has 2 aromatic rings.